The number of nitriles is 1. The minimum Gasteiger partial charge on any atom is -0.445 e. The quantitative estimate of drug-likeness (QED) is 0.488. The first-order valence-corrected chi connectivity index (χ1v) is 13.9. The van der Waals surface area contributed by atoms with Gasteiger partial charge in [0.2, 0.25) is 11.8 Å². The first-order chi connectivity index (χ1) is 19.2. The second-order valence-electron chi connectivity index (χ2n) is 11.2. The van der Waals surface area contributed by atoms with Crippen molar-refractivity contribution in [3.63, 3.8) is 0 Å². The normalized spacial score (nSPS) is 25.5. The molecule has 3 aliphatic rings. The van der Waals surface area contributed by atoms with Crippen molar-refractivity contribution < 1.29 is 19.1 Å². The van der Waals surface area contributed by atoms with Crippen LogP contribution in [-0.2, 0) is 19.7 Å². The van der Waals surface area contributed by atoms with E-state index in [2.05, 4.69) is 18.0 Å². The number of allylic oxidation sites excluding steroid dienone is 5. The zero-order valence-corrected chi connectivity index (χ0v) is 23.6. The van der Waals surface area contributed by atoms with E-state index < -0.39 is 23.6 Å². The highest BCUT2D eigenvalue weighted by atomic mass is 16.6. The summed E-state index contributed by atoms with van der Waals surface area (Å²) in [6.45, 7) is 10.0. The number of benzene rings is 1. The SMILES string of the molecule is C=C/C=C\C=C(/C)COC(=O)N1CCC/C=C\c2ccc3c(c2)[C@@]2(C[C@@H](C#N)N(C2)C(=O)[C@@H]1CC(C)C)C(=O)N3. The maximum Gasteiger partial charge on any atom is 0.410 e. The van der Waals surface area contributed by atoms with Crippen molar-refractivity contribution in [1.82, 2.24) is 9.80 Å². The lowest BCUT2D eigenvalue weighted by atomic mass is 9.79. The van der Waals surface area contributed by atoms with E-state index in [0.717, 1.165) is 22.4 Å². The maximum atomic E-state index is 14.3. The summed E-state index contributed by atoms with van der Waals surface area (Å²) in [6, 6.07) is 6.49. The van der Waals surface area contributed by atoms with Crippen molar-refractivity contribution in [2.45, 2.75) is 64.0 Å². The summed E-state index contributed by atoms with van der Waals surface area (Å²) in [5, 5.41) is 13.1. The Morgan fingerprint density at radius 1 is 1.32 bits per heavy atom. The Bertz CT molecular complexity index is 1300. The molecule has 3 amide bonds. The summed E-state index contributed by atoms with van der Waals surface area (Å²) in [5.74, 6) is -0.417. The molecule has 0 saturated carbocycles. The summed E-state index contributed by atoms with van der Waals surface area (Å²) in [4.78, 5) is 44.2. The van der Waals surface area contributed by atoms with Crippen LogP contribution in [0, 0.1) is 17.2 Å². The minimum atomic E-state index is -1.01. The van der Waals surface area contributed by atoms with Crippen molar-refractivity contribution in [2.75, 3.05) is 25.0 Å². The van der Waals surface area contributed by atoms with Gasteiger partial charge in [0.05, 0.1) is 11.5 Å². The summed E-state index contributed by atoms with van der Waals surface area (Å²) >= 11 is 0. The van der Waals surface area contributed by atoms with Crippen LogP contribution >= 0.6 is 0 Å². The van der Waals surface area contributed by atoms with Gasteiger partial charge in [-0.25, -0.2) is 4.79 Å². The molecular weight excluding hydrogens is 504 g/mol. The van der Waals surface area contributed by atoms with Crippen LogP contribution in [0.3, 0.4) is 0 Å². The Balaban J connectivity index is 1.71. The van der Waals surface area contributed by atoms with E-state index in [0.29, 0.717) is 25.8 Å². The van der Waals surface area contributed by atoms with Crippen molar-refractivity contribution >= 4 is 29.7 Å². The molecule has 3 atom stereocenters. The number of carbonyl (C=O) groups is 3. The molecule has 0 radical (unpaired) electrons. The number of nitrogens with one attached hydrogen (secondary N) is 1. The van der Waals surface area contributed by atoms with Crippen LogP contribution in [-0.4, -0.2) is 59.5 Å². The molecule has 3 aliphatic heterocycles. The lowest BCUT2D eigenvalue weighted by Gasteiger charge is -2.35. The number of fused-ring (bicyclic) bond motifs is 2. The van der Waals surface area contributed by atoms with Gasteiger partial charge in [0.1, 0.15) is 18.7 Å². The fourth-order valence-corrected chi connectivity index (χ4v) is 5.72. The molecule has 8 nitrogen and oxygen atoms in total. The van der Waals surface area contributed by atoms with Gasteiger partial charge in [-0.2, -0.15) is 5.26 Å². The number of amides is 3. The van der Waals surface area contributed by atoms with Gasteiger partial charge >= 0.3 is 6.09 Å². The monoisotopic (exact) mass is 542 g/mol. The van der Waals surface area contributed by atoms with Crippen LogP contribution in [0.5, 0.6) is 0 Å². The lowest BCUT2D eigenvalue weighted by molar-refractivity contribution is -0.137. The van der Waals surface area contributed by atoms with Crippen molar-refractivity contribution in [3.8, 4) is 6.07 Å². The second kappa shape index (κ2) is 12.4. The van der Waals surface area contributed by atoms with E-state index in [1.165, 1.54) is 9.80 Å². The smallest absolute Gasteiger partial charge is 0.410 e. The summed E-state index contributed by atoms with van der Waals surface area (Å²) < 4.78 is 5.68. The molecule has 0 aliphatic carbocycles. The third-order valence-corrected chi connectivity index (χ3v) is 7.75. The average Bonchev–Trinajstić information content (AvgIpc) is 3.45. The molecule has 1 saturated heterocycles. The van der Waals surface area contributed by atoms with Crippen molar-refractivity contribution in [3.05, 3.63) is 71.9 Å². The molecule has 1 fully saturated rings. The zero-order chi connectivity index (χ0) is 28.9. The molecule has 1 N–H and O–H groups in total. The van der Waals surface area contributed by atoms with E-state index in [1.54, 1.807) is 12.2 Å². The van der Waals surface area contributed by atoms with Gasteiger partial charge in [0.15, 0.2) is 0 Å². The highest BCUT2D eigenvalue weighted by molar-refractivity contribution is 6.07. The van der Waals surface area contributed by atoms with Crippen molar-refractivity contribution in [2.24, 2.45) is 5.92 Å². The van der Waals surface area contributed by atoms with Crippen molar-refractivity contribution in [1.29, 1.82) is 5.26 Å². The first-order valence-electron chi connectivity index (χ1n) is 13.9. The predicted octanol–water partition coefficient (Wildman–Crippen LogP) is 5.35. The predicted molar refractivity (Wildman–Crippen MR) is 155 cm³/mol. The van der Waals surface area contributed by atoms with E-state index >= 15 is 0 Å². The molecule has 0 aromatic heterocycles. The number of carbonyl (C=O) groups excluding carboxylic acids is 3. The van der Waals surface area contributed by atoms with Gasteiger partial charge in [-0.3, -0.25) is 14.5 Å². The third-order valence-electron chi connectivity index (χ3n) is 7.75. The Morgan fingerprint density at radius 3 is 2.85 bits per heavy atom. The highest BCUT2D eigenvalue weighted by Gasteiger charge is 2.57. The topological polar surface area (TPSA) is 103 Å². The first kappa shape index (κ1) is 28.9. The van der Waals surface area contributed by atoms with Crippen LogP contribution in [0.2, 0.25) is 0 Å². The van der Waals surface area contributed by atoms with Gasteiger partial charge < -0.3 is 15.0 Å². The molecule has 3 heterocycles. The average molecular weight is 543 g/mol. The van der Waals surface area contributed by atoms with Crippen LogP contribution in [0.25, 0.3) is 6.08 Å². The van der Waals surface area contributed by atoms with Crippen LogP contribution in [0.15, 0.2) is 60.7 Å². The number of nitrogens with zero attached hydrogens (tertiary/aromatic N) is 3. The third kappa shape index (κ3) is 5.89. The second-order valence-corrected chi connectivity index (χ2v) is 11.2. The summed E-state index contributed by atoms with van der Waals surface area (Å²) in [5.41, 5.74) is 2.32. The molecule has 8 heteroatoms. The molecule has 210 valence electrons. The molecule has 1 aromatic carbocycles. The van der Waals surface area contributed by atoms with Gasteiger partial charge in [0, 0.05) is 25.2 Å². The standard InChI is InChI=1S/C32H38N4O4/c1-5-6-8-11-23(4)20-40-31(39)35-15-10-7-9-12-24-13-14-27-26(17-24)32(30(38)34-27)18-25(19-33)36(21-32)29(37)28(35)16-22(2)3/h5-6,8-9,11-14,17,22,25,28H,1,7,10,15-16,18,20-21H2,2-4H3,(H,34,38)/b8-6-,12-9-,23-11+/t25-,28-,32-/m0/s1. The largest absolute Gasteiger partial charge is 0.445 e. The number of hydrogen-bond donors (Lipinski definition) is 1. The molecule has 4 bridgehead atoms. The lowest BCUT2D eigenvalue weighted by Crippen LogP contribution is -2.53. The number of ether oxygens (including phenoxy) is 1. The van der Waals surface area contributed by atoms with Gasteiger partial charge in [-0.05, 0) is 60.9 Å². The molecule has 1 aromatic rings. The zero-order valence-electron chi connectivity index (χ0n) is 23.6. The summed E-state index contributed by atoms with van der Waals surface area (Å²) in [7, 11) is 0. The highest BCUT2D eigenvalue weighted by Crippen LogP contribution is 2.47. The molecule has 40 heavy (non-hydrogen) atoms. The van der Waals surface area contributed by atoms with Gasteiger partial charge in [-0.15, -0.1) is 0 Å². The van der Waals surface area contributed by atoms with E-state index in [1.807, 2.05) is 63.3 Å². The molecular formula is C32H38N4O4. The fourth-order valence-electron chi connectivity index (χ4n) is 5.72. The van der Waals surface area contributed by atoms with Gasteiger partial charge in [0.25, 0.3) is 0 Å². The summed E-state index contributed by atoms with van der Waals surface area (Å²) in [6.07, 6.45) is 12.6. The molecule has 0 unspecified atom stereocenters. The van der Waals surface area contributed by atoms with Crippen LogP contribution < -0.4 is 5.32 Å². The number of rotatable bonds is 6. The maximum absolute atomic E-state index is 14.3. The van der Waals surface area contributed by atoms with E-state index in [-0.39, 0.29) is 37.3 Å². The number of anilines is 1. The fraction of sp³-hybridized carbons (Fsp3) is 0.438. The molecule has 1 spiro atoms. The Kier molecular flexibility index (Phi) is 8.93. The minimum absolute atomic E-state index is 0.0878. The van der Waals surface area contributed by atoms with Crippen LogP contribution in [0.1, 0.15) is 57.6 Å². The van der Waals surface area contributed by atoms with Gasteiger partial charge in [-0.1, -0.05) is 62.9 Å². The van der Waals surface area contributed by atoms with E-state index in [9.17, 15) is 19.6 Å². The Morgan fingerprint density at radius 2 is 2.12 bits per heavy atom. The van der Waals surface area contributed by atoms with E-state index in [4.69, 9.17) is 4.74 Å². The molecule has 4 rings (SSSR count). The van der Waals surface area contributed by atoms with Crippen LogP contribution in [0.4, 0.5) is 10.5 Å². The Labute approximate surface area is 236 Å². The Hall–Kier alpha value is -4.12. The number of hydrogen-bond acceptors (Lipinski definition) is 5.